The van der Waals surface area contributed by atoms with Gasteiger partial charge >= 0.3 is 6.09 Å². The van der Waals surface area contributed by atoms with Gasteiger partial charge in [-0.1, -0.05) is 0 Å². The molecule has 4 bridgehead atoms. The van der Waals surface area contributed by atoms with Crippen molar-refractivity contribution in [3.63, 3.8) is 0 Å². The Bertz CT molecular complexity index is 325. The van der Waals surface area contributed by atoms with Gasteiger partial charge in [-0.15, -0.1) is 0 Å². The zero-order valence-corrected chi connectivity index (χ0v) is 8.53. The topological polar surface area (TPSA) is 66.4 Å². The van der Waals surface area contributed by atoms with Crippen LogP contribution >= 0.6 is 0 Å². The fourth-order valence-corrected chi connectivity index (χ4v) is 4.14. The van der Waals surface area contributed by atoms with Crippen LogP contribution in [0, 0.1) is 17.8 Å². The molecule has 82 valence electrons. The van der Waals surface area contributed by atoms with Gasteiger partial charge in [0.2, 0.25) is 0 Å². The standard InChI is InChI=1S/C11H15NO3/c13-9-8-2-6-1-7(3-8)5-11(9,4-6)12-10(14)15/h6-8,12H,1-5H2,(H,14,15). The normalized spacial score (nSPS) is 46.9. The minimum Gasteiger partial charge on any atom is -0.465 e. The lowest BCUT2D eigenvalue weighted by Crippen LogP contribution is -2.65. The van der Waals surface area contributed by atoms with E-state index in [-0.39, 0.29) is 11.7 Å². The van der Waals surface area contributed by atoms with Gasteiger partial charge in [-0.3, -0.25) is 4.79 Å². The van der Waals surface area contributed by atoms with Crippen molar-refractivity contribution >= 4 is 11.9 Å². The van der Waals surface area contributed by atoms with Crippen LogP contribution in [0.4, 0.5) is 4.79 Å². The van der Waals surface area contributed by atoms with Gasteiger partial charge in [-0.05, 0) is 43.9 Å². The Morgan fingerprint density at radius 1 is 1.27 bits per heavy atom. The van der Waals surface area contributed by atoms with E-state index in [1.165, 1.54) is 6.42 Å². The van der Waals surface area contributed by atoms with Crippen molar-refractivity contribution in [2.75, 3.05) is 0 Å². The molecule has 0 saturated heterocycles. The molecule has 4 heteroatoms. The zero-order valence-electron chi connectivity index (χ0n) is 8.53. The second-order valence-electron chi connectivity index (χ2n) is 5.42. The Morgan fingerprint density at radius 2 is 1.87 bits per heavy atom. The second-order valence-corrected chi connectivity index (χ2v) is 5.42. The fourth-order valence-electron chi connectivity index (χ4n) is 4.14. The quantitative estimate of drug-likeness (QED) is 0.686. The first-order valence-corrected chi connectivity index (χ1v) is 5.64. The number of Topliss-reactive ketones (excluding diaryl/α,β-unsaturated/α-hetero) is 1. The van der Waals surface area contributed by atoms with Crippen molar-refractivity contribution in [3.05, 3.63) is 0 Å². The van der Waals surface area contributed by atoms with Crippen LogP contribution in [0.15, 0.2) is 0 Å². The third-order valence-electron chi connectivity index (χ3n) is 4.37. The molecule has 0 aliphatic heterocycles. The summed E-state index contributed by atoms with van der Waals surface area (Å²) in [6, 6.07) is 0. The Labute approximate surface area is 88.0 Å². The molecule has 0 aromatic rings. The lowest BCUT2D eigenvalue weighted by atomic mass is 9.52. The molecular weight excluding hydrogens is 194 g/mol. The van der Waals surface area contributed by atoms with E-state index in [1.54, 1.807) is 0 Å². The largest absolute Gasteiger partial charge is 0.465 e. The molecule has 0 spiro atoms. The van der Waals surface area contributed by atoms with E-state index in [0.29, 0.717) is 11.8 Å². The summed E-state index contributed by atoms with van der Waals surface area (Å²) < 4.78 is 0. The van der Waals surface area contributed by atoms with E-state index in [0.717, 1.165) is 25.7 Å². The Balaban J connectivity index is 1.94. The number of hydrogen-bond acceptors (Lipinski definition) is 2. The molecule has 4 aliphatic carbocycles. The second kappa shape index (κ2) is 2.74. The predicted molar refractivity (Wildman–Crippen MR) is 52.5 cm³/mol. The predicted octanol–water partition coefficient (Wildman–Crippen LogP) is 1.40. The molecule has 4 saturated carbocycles. The molecule has 0 aromatic heterocycles. The van der Waals surface area contributed by atoms with Crippen LogP contribution in [-0.4, -0.2) is 22.5 Å². The Hall–Kier alpha value is -1.06. The maximum Gasteiger partial charge on any atom is 0.405 e. The van der Waals surface area contributed by atoms with Gasteiger partial charge in [0, 0.05) is 5.92 Å². The van der Waals surface area contributed by atoms with E-state index in [9.17, 15) is 9.59 Å². The molecule has 4 rings (SSSR count). The van der Waals surface area contributed by atoms with Crippen LogP contribution in [0.5, 0.6) is 0 Å². The van der Waals surface area contributed by atoms with Crippen molar-refractivity contribution in [1.29, 1.82) is 0 Å². The molecule has 15 heavy (non-hydrogen) atoms. The third kappa shape index (κ3) is 1.20. The van der Waals surface area contributed by atoms with Crippen LogP contribution < -0.4 is 5.32 Å². The van der Waals surface area contributed by atoms with E-state index < -0.39 is 11.6 Å². The summed E-state index contributed by atoms with van der Waals surface area (Å²) in [6.45, 7) is 0. The summed E-state index contributed by atoms with van der Waals surface area (Å²) >= 11 is 0. The number of carbonyl (C=O) groups excluding carboxylic acids is 1. The van der Waals surface area contributed by atoms with Crippen LogP contribution in [0.25, 0.3) is 0 Å². The molecule has 0 heterocycles. The van der Waals surface area contributed by atoms with Crippen molar-refractivity contribution < 1.29 is 14.7 Å². The van der Waals surface area contributed by atoms with Gasteiger partial charge < -0.3 is 10.4 Å². The third-order valence-corrected chi connectivity index (χ3v) is 4.37. The number of nitrogens with one attached hydrogen (secondary N) is 1. The molecule has 0 radical (unpaired) electrons. The smallest absolute Gasteiger partial charge is 0.405 e. The Kier molecular flexibility index (Phi) is 1.68. The van der Waals surface area contributed by atoms with Crippen LogP contribution in [0.2, 0.25) is 0 Å². The van der Waals surface area contributed by atoms with Gasteiger partial charge in [0.25, 0.3) is 0 Å². The van der Waals surface area contributed by atoms with Crippen LogP contribution in [0.3, 0.4) is 0 Å². The first-order valence-electron chi connectivity index (χ1n) is 5.64. The average Bonchev–Trinajstić information content (AvgIpc) is 2.11. The first kappa shape index (κ1) is 9.19. The lowest BCUT2D eigenvalue weighted by molar-refractivity contribution is -0.144. The van der Waals surface area contributed by atoms with Gasteiger partial charge in [0.1, 0.15) is 5.54 Å². The van der Waals surface area contributed by atoms with Crippen molar-refractivity contribution in [2.24, 2.45) is 17.8 Å². The molecule has 4 aliphatic rings. The van der Waals surface area contributed by atoms with Crippen LogP contribution in [0.1, 0.15) is 32.1 Å². The highest BCUT2D eigenvalue weighted by Gasteiger charge is 2.57. The van der Waals surface area contributed by atoms with Gasteiger partial charge in [0.05, 0.1) is 0 Å². The van der Waals surface area contributed by atoms with Crippen molar-refractivity contribution in [2.45, 2.75) is 37.6 Å². The van der Waals surface area contributed by atoms with Gasteiger partial charge in [-0.25, -0.2) is 4.79 Å². The average molecular weight is 209 g/mol. The van der Waals surface area contributed by atoms with Gasteiger partial charge in [0.15, 0.2) is 5.78 Å². The number of hydrogen-bond donors (Lipinski definition) is 2. The maximum absolute atomic E-state index is 12.1. The first-order chi connectivity index (χ1) is 7.09. The fraction of sp³-hybridized carbons (Fsp3) is 0.818. The molecule has 2 N–H and O–H groups in total. The number of amides is 1. The molecular formula is C11H15NO3. The maximum atomic E-state index is 12.1. The van der Waals surface area contributed by atoms with E-state index in [1.807, 2.05) is 0 Å². The Morgan fingerprint density at radius 3 is 2.40 bits per heavy atom. The zero-order chi connectivity index (χ0) is 10.6. The molecule has 4 nitrogen and oxygen atoms in total. The summed E-state index contributed by atoms with van der Waals surface area (Å²) in [7, 11) is 0. The van der Waals surface area contributed by atoms with Crippen molar-refractivity contribution in [1.82, 2.24) is 5.32 Å². The number of carboxylic acid groups (broad SMARTS) is 1. The minimum absolute atomic E-state index is 0.142. The monoisotopic (exact) mass is 209 g/mol. The highest BCUT2D eigenvalue weighted by molar-refractivity contribution is 5.95. The van der Waals surface area contributed by atoms with Crippen molar-refractivity contribution in [3.8, 4) is 0 Å². The summed E-state index contributed by atoms with van der Waals surface area (Å²) in [5, 5.41) is 11.3. The van der Waals surface area contributed by atoms with E-state index in [2.05, 4.69) is 5.32 Å². The number of carbonyl (C=O) groups is 2. The summed E-state index contributed by atoms with van der Waals surface area (Å²) in [5.74, 6) is 1.46. The minimum atomic E-state index is -1.05. The highest BCUT2D eigenvalue weighted by Crippen LogP contribution is 2.53. The molecule has 1 amide bonds. The molecule has 0 aromatic carbocycles. The number of ketones is 1. The lowest BCUT2D eigenvalue weighted by Gasteiger charge is -2.54. The summed E-state index contributed by atoms with van der Waals surface area (Å²) in [5.41, 5.74) is -0.708. The molecule has 4 fully saturated rings. The van der Waals surface area contributed by atoms with Gasteiger partial charge in [-0.2, -0.15) is 0 Å². The SMILES string of the molecule is O=C(O)NC12CC3CC(CC(C3)C1=O)C2. The van der Waals surface area contributed by atoms with E-state index in [4.69, 9.17) is 5.11 Å². The van der Waals surface area contributed by atoms with E-state index >= 15 is 0 Å². The number of rotatable bonds is 1. The molecule has 2 atom stereocenters. The summed E-state index contributed by atoms with van der Waals surface area (Å²) in [6.07, 6.45) is 3.63. The summed E-state index contributed by atoms with van der Waals surface area (Å²) in [4.78, 5) is 22.9. The highest BCUT2D eigenvalue weighted by atomic mass is 16.4. The molecule has 2 unspecified atom stereocenters. The van der Waals surface area contributed by atoms with Crippen LogP contribution in [-0.2, 0) is 4.79 Å².